The maximum absolute atomic E-state index is 13.2. The largest absolute Gasteiger partial charge is 0.378 e. The maximum atomic E-state index is 13.2. The van der Waals surface area contributed by atoms with Gasteiger partial charge in [0, 0.05) is 13.1 Å². The molecule has 1 fully saturated rings. The van der Waals surface area contributed by atoms with Crippen LogP contribution in [0.3, 0.4) is 0 Å². The van der Waals surface area contributed by atoms with Gasteiger partial charge in [0.15, 0.2) is 0 Å². The topological polar surface area (TPSA) is 75.7 Å². The lowest BCUT2D eigenvalue weighted by Crippen LogP contribution is -2.48. The van der Waals surface area contributed by atoms with Crippen molar-refractivity contribution in [2.24, 2.45) is 0 Å². The zero-order valence-electron chi connectivity index (χ0n) is 15.1. The lowest BCUT2D eigenvalue weighted by atomic mass is 10.0. The van der Waals surface area contributed by atoms with E-state index in [1.807, 2.05) is 36.4 Å². The fourth-order valence-electron chi connectivity index (χ4n) is 2.98. The average molecular weight is 386 g/mol. The zero-order chi connectivity index (χ0) is 19.3. The molecule has 1 heterocycles. The number of carbonyl (C=O) groups is 1. The van der Waals surface area contributed by atoms with Crippen molar-refractivity contribution < 1.29 is 17.9 Å². The summed E-state index contributed by atoms with van der Waals surface area (Å²) in [5.74, 6) is 0. The Balaban J connectivity index is 2.01. The zero-order valence-corrected chi connectivity index (χ0v) is 15.9. The van der Waals surface area contributed by atoms with Crippen LogP contribution in [-0.4, -0.2) is 45.7 Å². The first kappa shape index (κ1) is 19.1. The number of hydrogen-bond donors (Lipinski definition) is 1. The van der Waals surface area contributed by atoms with Crippen LogP contribution in [-0.2, 0) is 14.8 Å². The summed E-state index contributed by atoms with van der Waals surface area (Å²) >= 11 is 0. The van der Waals surface area contributed by atoms with Crippen molar-refractivity contribution in [2.75, 3.05) is 26.3 Å². The molecule has 1 N–H and O–H groups in total. The number of carbonyl (C=O) groups excluding carboxylic acids is 1. The Bertz CT molecular complexity index is 919. The molecular formula is C20H22N2O4S. The van der Waals surface area contributed by atoms with Crippen molar-refractivity contribution in [1.29, 1.82) is 0 Å². The Morgan fingerprint density at radius 1 is 0.926 bits per heavy atom. The van der Waals surface area contributed by atoms with E-state index in [1.165, 1.54) is 4.90 Å². The Morgan fingerprint density at radius 2 is 1.44 bits per heavy atom. The monoisotopic (exact) mass is 386 g/mol. The fraction of sp³-hybridized carbons (Fsp3) is 0.250. The van der Waals surface area contributed by atoms with Gasteiger partial charge in [0.05, 0.1) is 18.1 Å². The second-order valence-electron chi connectivity index (χ2n) is 6.20. The number of urea groups is 1. The first-order valence-corrected chi connectivity index (χ1v) is 10.2. The smallest absolute Gasteiger partial charge is 0.331 e. The number of ether oxygens (including phenoxy) is 1. The van der Waals surface area contributed by atoms with Crippen LogP contribution in [0.4, 0.5) is 4.79 Å². The Morgan fingerprint density at radius 3 is 2.00 bits per heavy atom. The molecule has 0 atom stereocenters. The quantitative estimate of drug-likeness (QED) is 0.820. The van der Waals surface area contributed by atoms with Gasteiger partial charge in [-0.15, -0.1) is 0 Å². The molecule has 0 radical (unpaired) electrons. The van der Waals surface area contributed by atoms with E-state index < -0.39 is 16.1 Å². The molecule has 1 aliphatic heterocycles. The minimum absolute atomic E-state index is 0.0934. The van der Waals surface area contributed by atoms with Crippen LogP contribution in [0.5, 0.6) is 0 Å². The van der Waals surface area contributed by atoms with Crippen LogP contribution in [0.25, 0.3) is 10.5 Å². The number of rotatable bonds is 4. The fourth-order valence-corrected chi connectivity index (χ4v) is 4.41. The highest BCUT2D eigenvalue weighted by Gasteiger charge is 2.28. The van der Waals surface area contributed by atoms with Crippen molar-refractivity contribution in [3.05, 3.63) is 71.8 Å². The summed E-state index contributed by atoms with van der Waals surface area (Å²) in [4.78, 5) is 14.0. The molecule has 1 saturated heterocycles. The van der Waals surface area contributed by atoms with Gasteiger partial charge in [0.1, 0.15) is 0 Å². The molecule has 0 aliphatic carbocycles. The standard InChI is InChI=1S/C20H22N2O4S/c1-16(17-8-4-2-5-9-17)19(18-10-6-3-7-11-18)27(24,25)21-20(23)22-12-14-26-15-13-22/h2-11H,12-15H2,1H3,(H,21,23). The van der Waals surface area contributed by atoms with E-state index in [9.17, 15) is 13.2 Å². The van der Waals surface area contributed by atoms with E-state index in [1.54, 1.807) is 31.2 Å². The number of nitrogens with one attached hydrogen (secondary N) is 1. The lowest BCUT2D eigenvalue weighted by molar-refractivity contribution is 0.0545. The molecule has 7 heteroatoms. The molecule has 2 aromatic carbocycles. The summed E-state index contributed by atoms with van der Waals surface area (Å²) in [6.45, 7) is 3.28. The van der Waals surface area contributed by atoms with Crippen LogP contribution in [0.1, 0.15) is 18.1 Å². The normalized spacial score (nSPS) is 15.8. The second-order valence-corrected chi connectivity index (χ2v) is 7.82. The van der Waals surface area contributed by atoms with Crippen LogP contribution in [0, 0.1) is 0 Å². The highest BCUT2D eigenvalue weighted by molar-refractivity contribution is 7.99. The Labute approximate surface area is 159 Å². The van der Waals surface area contributed by atoms with Crippen molar-refractivity contribution in [2.45, 2.75) is 6.92 Å². The predicted octanol–water partition coefficient (Wildman–Crippen LogP) is 2.95. The van der Waals surface area contributed by atoms with Crippen molar-refractivity contribution in [1.82, 2.24) is 9.62 Å². The molecule has 2 aromatic rings. The van der Waals surface area contributed by atoms with Gasteiger partial charge in [-0.2, -0.15) is 0 Å². The highest BCUT2D eigenvalue weighted by atomic mass is 32.2. The molecule has 27 heavy (non-hydrogen) atoms. The minimum Gasteiger partial charge on any atom is -0.378 e. The Kier molecular flexibility index (Phi) is 5.93. The van der Waals surface area contributed by atoms with Gasteiger partial charge in [-0.05, 0) is 23.6 Å². The van der Waals surface area contributed by atoms with Crippen molar-refractivity contribution in [3.63, 3.8) is 0 Å². The van der Waals surface area contributed by atoms with Gasteiger partial charge in [-0.25, -0.2) is 17.9 Å². The number of morpholine rings is 1. The first-order chi connectivity index (χ1) is 13.0. The number of amides is 2. The summed E-state index contributed by atoms with van der Waals surface area (Å²) in [6, 6.07) is 17.4. The number of nitrogens with zero attached hydrogens (tertiary/aromatic N) is 1. The maximum Gasteiger partial charge on any atom is 0.331 e. The summed E-state index contributed by atoms with van der Waals surface area (Å²) < 4.78 is 33.7. The van der Waals surface area contributed by atoms with Gasteiger partial charge in [0.25, 0.3) is 10.0 Å². The number of sulfonamides is 1. The molecule has 1 aliphatic rings. The van der Waals surface area contributed by atoms with Gasteiger partial charge >= 0.3 is 6.03 Å². The Hall–Kier alpha value is -2.64. The van der Waals surface area contributed by atoms with Gasteiger partial charge in [-0.1, -0.05) is 60.7 Å². The first-order valence-electron chi connectivity index (χ1n) is 8.70. The highest BCUT2D eigenvalue weighted by Crippen LogP contribution is 2.30. The molecule has 2 amide bonds. The third-order valence-corrected chi connectivity index (χ3v) is 5.89. The molecular weight excluding hydrogens is 364 g/mol. The summed E-state index contributed by atoms with van der Waals surface area (Å²) in [6.07, 6.45) is 0. The molecule has 0 unspecified atom stereocenters. The number of hydrogen-bond acceptors (Lipinski definition) is 4. The lowest BCUT2D eigenvalue weighted by Gasteiger charge is -2.27. The average Bonchev–Trinajstić information content (AvgIpc) is 2.69. The third kappa shape index (κ3) is 4.56. The van der Waals surface area contributed by atoms with Crippen LogP contribution >= 0.6 is 0 Å². The molecule has 0 aromatic heterocycles. The van der Waals surface area contributed by atoms with Gasteiger partial charge < -0.3 is 9.64 Å². The van der Waals surface area contributed by atoms with E-state index in [2.05, 4.69) is 4.72 Å². The van der Waals surface area contributed by atoms with Crippen LogP contribution in [0.15, 0.2) is 60.7 Å². The third-order valence-electron chi connectivity index (χ3n) is 4.37. The predicted molar refractivity (Wildman–Crippen MR) is 105 cm³/mol. The number of allylic oxidation sites excluding steroid dienone is 1. The van der Waals surface area contributed by atoms with Crippen LogP contribution in [0.2, 0.25) is 0 Å². The minimum atomic E-state index is -4.07. The SMILES string of the molecule is CC(=C(c1ccccc1)S(=O)(=O)NC(=O)N1CCOCC1)c1ccccc1. The summed E-state index contributed by atoms with van der Waals surface area (Å²) in [7, 11) is -4.07. The molecule has 6 nitrogen and oxygen atoms in total. The number of benzene rings is 2. The molecule has 0 spiro atoms. The van der Waals surface area contributed by atoms with E-state index in [0.29, 0.717) is 37.4 Å². The van der Waals surface area contributed by atoms with E-state index in [-0.39, 0.29) is 4.91 Å². The van der Waals surface area contributed by atoms with Crippen molar-refractivity contribution in [3.8, 4) is 0 Å². The van der Waals surface area contributed by atoms with Crippen LogP contribution < -0.4 is 4.72 Å². The van der Waals surface area contributed by atoms with E-state index >= 15 is 0 Å². The van der Waals surface area contributed by atoms with Crippen molar-refractivity contribution >= 4 is 26.5 Å². The van der Waals surface area contributed by atoms with Gasteiger partial charge in [-0.3, -0.25) is 0 Å². The van der Waals surface area contributed by atoms with E-state index in [4.69, 9.17) is 4.74 Å². The molecule has 142 valence electrons. The van der Waals surface area contributed by atoms with E-state index in [0.717, 1.165) is 5.56 Å². The molecule has 0 bridgehead atoms. The second kappa shape index (κ2) is 8.37. The van der Waals surface area contributed by atoms with Gasteiger partial charge in [0.2, 0.25) is 0 Å². The molecule has 0 saturated carbocycles. The summed E-state index contributed by atoms with van der Waals surface area (Å²) in [5.41, 5.74) is 1.88. The summed E-state index contributed by atoms with van der Waals surface area (Å²) in [5, 5.41) is 0. The molecule has 3 rings (SSSR count).